The van der Waals surface area contributed by atoms with Crippen molar-refractivity contribution in [3.8, 4) is 11.3 Å². The van der Waals surface area contributed by atoms with Crippen LogP contribution in [0.4, 0.5) is 5.13 Å². The summed E-state index contributed by atoms with van der Waals surface area (Å²) in [7, 11) is 0. The fraction of sp³-hybridized carbons (Fsp3) is 0.217. The number of halogens is 1. The summed E-state index contributed by atoms with van der Waals surface area (Å²) >= 11 is 7.06. The monoisotopic (exact) mass is 456 g/mol. The van der Waals surface area contributed by atoms with Crippen molar-refractivity contribution in [1.29, 1.82) is 0 Å². The second kappa shape index (κ2) is 10.8. The lowest BCUT2D eigenvalue weighted by atomic mass is 10.1. The van der Waals surface area contributed by atoms with Gasteiger partial charge in [-0.05, 0) is 31.2 Å². The first-order valence-electron chi connectivity index (χ1n) is 9.75. The highest BCUT2D eigenvalue weighted by atomic mass is 35.5. The predicted molar refractivity (Wildman–Crippen MR) is 122 cm³/mol. The van der Waals surface area contributed by atoms with Gasteiger partial charge in [0.25, 0.3) is 0 Å². The van der Waals surface area contributed by atoms with E-state index in [0.29, 0.717) is 32.9 Å². The summed E-state index contributed by atoms with van der Waals surface area (Å²) in [4.78, 5) is 41.8. The molecule has 31 heavy (non-hydrogen) atoms. The van der Waals surface area contributed by atoms with E-state index in [1.54, 1.807) is 31.2 Å². The van der Waals surface area contributed by atoms with Crippen molar-refractivity contribution < 1.29 is 19.1 Å². The average molecular weight is 457 g/mol. The molecule has 0 spiro atoms. The molecule has 0 radical (unpaired) electrons. The Bertz CT molecular complexity index is 1060. The van der Waals surface area contributed by atoms with Gasteiger partial charge >= 0.3 is 5.97 Å². The normalized spacial score (nSPS) is 10.5. The molecule has 6 nitrogen and oxygen atoms in total. The molecule has 3 aromatic rings. The number of carbonyl (C=O) groups is 3. The molecular weight excluding hydrogens is 436 g/mol. The minimum atomic E-state index is -0.352. The summed E-state index contributed by atoms with van der Waals surface area (Å²) < 4.78 is 5.05. The van der Waals surface area contributed by atoms with E-state index in [0.717, 1.165) is 5.56 Å². The summed E-state index contributed by atoms with van der Waals surface area (Å²) in [6.45, 7) is 2.04. The van der Waals surface area contributed by atoms with Crippen LogP contribution in [0, 0.1) is 0 Å². The Morgan fingerprint density at radius 1 is 1.03 bits per heavy atom. The number of carbonyl (C=O) groups excluding carboxylic acids is 3. The van der Waals surface area contributed by atoms with Crippen molar-refractivity contribution in [3.63, 3.8) is 0 Å². The van der Waals surface area contributed by atoms with Gasteiger partial charge in [-0.3, -0.25) is 14.4 Å². The van der Waals surface area contributed by atoms with Gasteiger partial charge < -0.3 is 10.1 Å². The molecule has 0 unspecified atom stereocenters. The minimum absolute atomic E-state index is 0.0227. The van der Waals surface area contributed by atoms with Gasteiger partial charge in [-0.2, -0.15) is 0 Å². The van der Waals surface area contributed by atoms with Gasteiger partial charge in [-0.25, -0.2) is 4.98 Å². The SMILES string of the molecule is CCOC(=O)Cc1sc(NC(=O)CCC(=O)c2ccc(Cl)cc2)nc1-c1ccccc1. The highest BCUT2D eigenvalue weighted by Crippen LogP contribution is 2.32. The van der Waals surface area contributed by atoms with Crippen LogP contribution in [0.5, 0.6) is 0 Å². The molecule has 1 amide bonds. The van der Waals surface area contributed by atoms with Gasteiger partial charge in [0.2, 0.25) is 5.91 Å². The number of amides is 1. The summed E-state index contributed by atoms with van der Waals surface area (Å²) in [5.74, 6) is -0.813. The number of rotatable bonds is 9. The topological polar surface area (TPSA) is 85.4 Å². The largest absolute Gasteiger partial charge is 0.466 e. The quantitative estimate of drug-likeness (QED) is 0.354. The highest BCUT2D eigenvalue weighted by Gasteiger charge is 2.18. The predicted octanol–water partition coefficient (Wildman–Crippen LogP) is 5.17. The number of hydrogen-bond donors (Lipinski definition) is 1. The maximum Gasteiger partial charge on any atom is 0.311 e. The van der Waals surface area contributed by atoms with Crippen LogP contribution in [0.15, 0.2) is 54.6 Å². The molecular formula is C23H21ClN2O4S. The van der Waals surface area contributed by atoms with Crippen LogP contribution < -0.4 is 5.32 Å². The maximum absolute atomic E-state index is 12.4. The molecule has 1 aromatic heterocycles. The van der Waals surface area contributed by atoms with Crippen molar-refractivity contribution in [2.75, 3.05) is 11.9 Å². The van der Waals surface area contributed by atoms with Crippen LogP contribution in [-0.2, 0) is 20.7 Å². The Balaban J connectivity index is 1.68. The number of nitrogens with zero attached hydrogens (tertiary/aromatic N) is 1. The van der Waals surface area contributed by atoms with Crippen LogP contribution >= 0.6 is 22.9 Å². The third-order valence-electron chi connectivity index (χ3n) is 4.35. The molecule has 3 rings (SSSR count). The molecule has 0 atom stereocenters. The van der Waals surface area contributed by atoms with E-state index in [9.17, 15) is 14.4 Å². The number of esters is 1. The Hall–Kier alpha value is -3.03. The van der Waals surface area contributed by atoms with Crippen molar-refractivity contribution in [2.45, 2.75) is 26.2 Å². The number of ketones is 1. The fourth-order valence-corrected chi connectivity index (χ4v) is 3.99. The van der Waals surface area contributed by atoms with Crippen LogP contribution in [0.25, 0.3) is 11.3 Å². The van der Waals surface area contributed by atoms with Gasteiger partial charge in [-0.15, -0.1) is 11.3 Å². The molecule has 1 N–H and O–H groups in total. The number of benzene rings is 2. The number of aromatic nitrogens is 1. The van der Waals surface area contributed by atoms with E-state index in [4.69, 9.17) is 16.3 Å². The number of Topliss-reactive ketones (excluding diaryl/α,β-unsaturated/α-hetero) is 1. The summed E-state index contributed by atoms with van der Waals surface area (Å²) in [5.41, 5.74) is 1.98. The Morgan fingerprint density at radius 3 is 2.42 bits per heavy atom. The fourth-order valence-electron chi connectivity index (χ4n) is 2.88. The molecule has 160 valence electrons. The highest BCUT2D eigenvalue weighted by molar-refractivity contribution is 7.16. The number of thiazole rings is 1. The number of anilines is 1. The van der Waals surface area contributed by atoms with Gasteiger partial charge in [0, 0.05) is 33.9 Å². The van der Waals surface area contributed by atoms with Crippen molar-refractivity contribution in [1.82, 2.24) is 4.98 Å². The lowest BCUT2D eigenvalue weighted by Gasteiger charge is -2.02. The molecule has 0 aliphatic rings. The van der Waals surface area contributed by atoms with Gasteiger partial charge in [0.15, 0.2) is 10.9 Å². The van der Waals surface area contributed by atoms with Gasteiger partial charge in [0.1, 0.15) is 0 Å². The van der Waals surface area contributed by atoms with E-state index < -0.39 is 0 Å². The van der Waals surface area contributed by atoms with E-state index in [2.05, 4.69) is 10.3 Å². The first-order valence-corrected chi connectivity index (χ1v) is 10.9. The molecule has 0 aliphatic heterocycles. The summed E-state index contributed by atoms with van der Waals surface area (Å²) in [6.07, 6.45) is 0.162. The smallest absolute Gasteiger partial charge is 0.311 e. The molecule has 0 bridgehead atoms. The van der Waals surface area contributed by atoms with Crippen molar-refractivity contribution in [3.05, 3.63) is 70.1 Å². The Labute approximate surface area is 189 Å². The second-order valence-corrected chi connectivity index (χ2v) is 8.14. The molecule has 2 aromatic carbocycles. The molecule has 0 saturated carbocycles. The third kappa shape index (κ3) is 6.47. The van der Waals surface area contributed by atoms with Gasteiger partial charge in [-0.1, -0.05) is 41.9 Å². The second-order valence-electron chi connectivity index (χ2n) is 6.62. The molecule has 0 saturated heterocycles. The summed E-state index contributed by atoms with van der Waals surface area (Å²) in [6, 6.07) is 16.0. The molecule has 0 fully saturated rings. The first kappa shape index (κ1) is 22.7. The molecule has 1 heterocycles. The van der Waals surface area contributed by atoms with E-state index in [1.165, 1.54) is 11.3 Å². The lowest BCUT2D eigenvalue weighted by Crippen LogP contribution is -2.13. The van der Waals surface area contributed by atoms with Crippen LogP contribution in [0.1, 0.15) is 35.0 Å². The van der Waals surface area contributed by atoms with Crippen LogP contribution in [0.2, 0.25) is 5.02 Å². The third-order valence-corrected chi connectivity index (χ3v) is 5.57. The van der Waals surface area contributed by atoms with E-state index in [-0.39, 0.29) is 36.9 Å². The van der Waals surface area contributed by atoms with E-state index in [1.807, 2.05) is 30.3 Å². The minimum Gasteiger partial charge on any atom is -0.466 e. The zero-order valence-corrected chi connectivity index (χ0v) is 18.5. The maximum atomic E-state index is 12.4. The number of ether oxygens (including phenoxy) is 1. The molecule has 0 aliphatic carbocycles. The van der Waals surface area contributed by atoms with E-state index >= 15 is 0 Å². The Morgan fingerprint density at radius 2 is 1.74 bits per heavy atom. The van der Waals surface area contributed by atoms with Crippen molar-refractivity contribution in [2.24, 2.45) is 0 Å². The Kier molecular flexibility index (Phi) is 7.92. The lowest BCUT2D eigenvalue weighted by molar-refractivity contribution is -0.142. The molecule has 8 heteroatoms. The van der Waals surface area contributed by atoms with Crippen LogP contribution in [-0.4, -0.2) is 29.3 Å². The number of nitrogens with one attached hydrogen (secondary N) is 1. The van der Waals surface area contributed by atoms with Crippen molar-refractivity contribution >= 4 is 45.7 Å². The average Bonchev–Trinajstić information content (AvgIpc) is 3.15. The first-order chi connectivity index (χ1) is 15.0. The van der Waals surface area contributed by atoms with Crippen LogP contribution in [0.3, 0.4) is 0 Å². The zero-order valence-electron chi connectivity index (χ0n) is 16.9. The summed E-state index contributed by atoms with van der Waals surface area (Å²) in [5, 5.41) is 3.66. The zero-order chi connectivity index (χ0) is 22.2. The standard InChI is InChI=1S/C23H21ClN2O4S/c1-2-30-21(29)14-19-22(16-6-4-3-5-7-16)26-23(31-19)25-20(28)13-12-18(27)15-8-10-17(24)11-9-15/h3-11H,2,12-14H2,1H3,(H,25,26,28). The van der Waals surface area contributed by atoms with Gasteiger partial charge in [0.05, 0.1) is 18.7 Å². The number of hydrogen-bond acceptors (Lipinski definition) is 6.